The van der Waals surface area contributed by atoms with E-state index in [1.54, 1.807) is 13.8 Å². The Morgan fingerprint density at radius 1 is 0.909 bits per heavy atom. The van der Waals surface area contributed by atoms with Crippen LogP contribution >= 0.6 is 0 Å². The summed E-state index contributed by atoms with van der Waals surface area (Å²) in [7, 11) is -3.97. The molecule has 1 aliphatic rings. The maximum absolute atomic E-state index is 15.3. The predicted molar refractivity (Wildman–Crippen MR) is 118 cm³/mol. The van der Waals surface area contributed by atoms with Gasteiger partial charge in [0.1, 0.15) is 0 Å². The number of sulfonamides is 1. The number of alkyl halides is 4. The Kier molecular flexibility index (Phi) is 7.55. The van der Waals surface area contributed by atoms with Crippen molar-refractivity contribution in [1.82, 2.24) is 4.31 Å². The summed E-state index contributed by atoms with van der Waals surface area (Å²) >= 11 is 0. The van der Waals surface area contributed by atoms with Gasteiger partial charge in [0.15, 0.2) is 0 Å². The molecule has 1 atom stereocenters. The Labute approximate surface area is 192 Å². The van der Waals surface area contributed by atoms with Gasteiger partial charge in [0.05, 0.1) is 4.90 Å². The van der Waals surface area contributed by atoms with Gasteiger partial charge in [-0.25, -0.2) is 8.42 Å². The molecule has 0 saturated carbocycles. The molecule has 0 spiro atoms. The lowest BCUT2D eigenvalue weighted by atomic mass is 9.84. The maximum Gasteiger partial charge on any atom is 0.340 e. The molecule has 1 unspecified atom stereocenters. The molecule has 0 bridgehead atoms. The number of hydrogen-bond acceptors (Lipinski definition) is 3. The molecule has 0 radical (unpaired) electrons. The van der Waals surface area contributed by atoms with Crippen LogP contribution in [0.4, 0.5) is 17.6 Å². The Hall–Kier alpha value is -1.97. The van der Waals surface area contributed by atoms with Gasteiger partial charge >= 0.3 is 11.8 Å². The number of halogens is 4. The van der Waals surface area contributed by atoms with Crippen LogP contribution in [0.25, 0.3) is 0 Å². The van der Waals surface area contributed by atoms with Crippen molar-refractivity contribution in [3.05, 3.63) is 64.7 Å². The van der Waals surface area contributed by atoms with Crippen LogP contribution in [0.1, 0.15) is 61.8 Å². The minimum absolute atomic E-state index is 0.0785. The first-order valence-corrected chi connectivity index (χ1v) is 12.5. The van der Waals surface area contributed by atoms with Gasteiger partial charge in [-0.2, -0.15) is 21.9 Å². The zero-order valence-electron chi connectivity index (χ0n) is 19.0. The van der Waals surface area contributed by atoms with E-state index in [4.69, 9.17) is 4.74 Å². The lowest BCUT2D eigenvalue weighted by Crippen LogP contribution is -2.35. The van der Waals surface area contributed by atoms with Gasteiger partial charge in [-0.05, 0) is 43.0 Å². The van der Waals surface area contributed by atoms with Crippen LogP contribution < -0.4 is 0 Å². The van der Waals surface area contributed by atoms with E-state index in [0.717, 1.165) is 24.3 Å². The molecule has 182 valence electrons. The lowest BCUT2D eigenvalue weighted by molar-refractivity contribution is -0.223. The van der Waals surface area contributed by atoms with E-state index >= 15 is 17.6 Å². The number of benzene rings is 2. The zero-order valence-corrected chi connectivity index (χ0v) is 19.8. The molecule has 0 N–H and O–H groups in total. The lowest BCUT2D eigenvalue weighted by Gasteiger charge is -2.27. The molecule has 0 aromatic heterocycles. The molecular weight excluding hydrogens is 458 g/mol. The van der Waals surface area contributed by atoms with Crippen molar-refractivity contribution in [3.63, 3.8) is 0 Å². The van der Waals surface area contributed by atoms with Crippen LogP contribution in [0.2, 0.25) is 0 Å². The molecule has 33 heavy (non-hydrogen) atoms. The van der Waals surface area contributed by atoms with Crippen LogP contribution in [0.15, 0.2) is 47.4 Å². The molecule has 0 fully saturated rings. The van der Waals surface area contributed by atoms with Gasteiger partial charge < -0.3 is 4.74 Å². The second-order valence-corrected chi connectivity index (χ2v) is 9.90. The molecule has 1 aliphatic carbocycles. The van der Waals surface area contributed by atoms with Crippen LogP contribution in [0, 0.1) is 0 Å². The Morgan fingerprint density at radius 3 is 2.12 bits per heavy atom. The van der Waals surface area contributed by atoms with Crippen molar-refractivity contribution < 1.29 is 30.7 Å². The van der Waals surface area contributed by atoms with Gasteiger partial charge in [-0.1, -0.05) is 44.2 Å². The highest BCUT2D eigenvalue weighted by Crippen LogP contribution is 2.56. The summed E-state index contributed by atoms with van der Waals surface area (Å²) in [6.07, 6.45) is 0.696. The standard InChI is InChI=1S/C24H29F4NO3S/c1-4-29(5-2)33(30,31)17-13-14-22-20(16-17)18(11-9-15-32-6-3)19-10-7-8-12-21(19)23(25,26)24(22,27)28/h7-8,10,12-14,16,18H,4-6,9,11,15H2,1-3H3. The SMILES string of the molecule is CCOCCCC1c2ccccc2C(F)(F)C(F)(F)c2ccc(S(=O)(=O)N(CC)CC)cc21. The third kappa shape index (κ3) is 4.42. The predicted octanol–water partition coefficient (Wildman–Crippen LogP) is 5.86. The first kappa shape index (κ1) is 25.6. The summed E-state index contributed by atoms with van der Waals surface area (Å²) in [6, 6.07) is 8.30. The van der Waals surface area contributed by atoms with Gasteiger partial charge in [-0.3, -0.25) is 0 Å². The monoisotopic (exact) mass is 487 g/mol. The van der Waals surface area contributed by atoms with E-state index in [2.05, 4.69) is 0 Å². The number of rotatable bonds is 9. The van der Waals surface area contributed by atoms with Crippen molar-refractivity contribution in [1.29, 1.82) is 0 Å². The highest BCUT2D eigenvalue weighted by atomic mass is 32.2. The smallest absolute Gasteiger partial charge is 0.340 e. The summed E-state index contributed by atoms with van der Waals surface area (Å²) in [4.78, 5) is -0.182. The van der Waals surface area contributed by atoms with Crippen LogP contribution in [0.5, 0.6) is 0 Å². The van der Waals surface area contributed by atoms with E-state index in [-0.39, 0.29) is 35.5 Å². The number of ether oxygens (including phenoxy) is 1. The molecule has 0 saturated heterocycles. The molecular formula is C24H29F4NO3S. The Bertz CT molecular complexity index is 1080. The van der Waals surface area contributed by atoms with E-state index in [1.807, 2.05) is 6.92 Å². The largest absolute Gasteiger partial charge is 0.382 e. The first-order chi connectivity index (χ1) is 15.5. The molecule has 2 aromatic rings. The average molecular weight is 488 g/mol. The third-order valence-electron chi connectivity index (χ3n) is 6.13. The fraction of sp³-hybridized carbons (Fsp3) is 0.500. The fourth-order valence-electron chi connectivity index (χ4n) is 4.43. The molecule has 4 nitrogen and oxygen atoms in total. The highest BCUT2D eigenvalue weighted by Gasteiger charge is 2.62. The van der Waals surface area contributed by atoms with Crippen molar-refractivity contribution in [2.75, 3.05) is 26.3 Å². The highest BCUT2D eigenvalue weighted by molar-refractivity contribution is 7.89. The Morgan fingerprint density at radius 2 is 1.52 bits per heavy atom. The van der Waals surface area contributed by atoms with Gasteiger partial charge in [0.2, 0.25) is 10.0 Å². The summed E-state index contributed by atoms with van der Waals surface area (Å²) < 4.78 is 93.7. The van der Waals surface area contributed by atoms with E-state index < -0.39 is 38.9 Å². The summed E-state index contributed by atoms with van der Waals surface area (Å²) in [6.45, 7) is 6.38. The Balaban J connectivity index is 2.26. The normalized spacial score (nSPS) is 19.1. The summed E-state index contributed by atoms with van der Waals surface area (Å²) in [5.41, 5.74) is -1.59. The number of nitrogens with zero attached hydrogens (tertiary/aromatic N) is 1. The molecule has 0 heterocycles. The topological polar surface area (TPSA) is 46.6 Å². The summed E-state index contributed by atoms with van der Waals surface area (Å²) in [5, 5.41) is 0. The number of hydrogen-bond donors (Lipinski definition) is 0. The summed E-state index contributed by atoms with van der Waals surface area (Å²) in [5.74, 6) is -9.79. The first-order valence-electron chi connectivity index (χ1n) is 11.1. The zero-order chi connectivity index (χ0) is 24.4. The van der Waals surface area contributed by atoms with E-state index in [9.17, 15) is 8.42 Å². The minimum atomic E-state index is -4.51. The van der Waals surface area contributed by atoms with E-state index in [1.165, 1.54) is 22.5 Å². The fourth-order valence-corrected chi connectivity index (χ4v) is 5.92. The van der Waals surface area contributed by atoms with Crippen LogP contribution in [0.3, 0.4) is 0 Å². The second-order valence-electron chi connectivity index (χ2n) is 7.97. The second kappa shape index (κ2) is 9.72. The van der Waals surface area contributed by atoms with Crippen molar-refractivity contribution in [3.8, 4) is 0 Å². The van der Waals surface area contributed by atoms with Crippen molar-refractivity contribution in [2.45, 2.75) is 56.3 Å². The average Bonchev–Trinajstić information content (AvgIpc) is 2.83. The molecule has 9 heteroatoms. The minimum Gasteiger partial charge on any atom is -0.382 e. The molecule has 2 aromatic carbocycles. The molecule has 3 rings (SSSR count). The number of fused-ring (bicyclic) bond motifs is 2. The van der Waals surface area contributed by atoms with Crippen LogP contribution in [-0.2, 0) is 26.6 Å². The van der Waals surface area contributed by atoms with Crippen molar-refractivity contribution in [2.24, 2.45) is 0 Å². The van der Waals surface area contributed by atoms with Gasteiger partial charge in [0.25, 0.3) is 0 Å². The van der Waals surface area contributed by atoms with Crippen molar-refractivity contribution >= 4 is 10.0 Å². The van der Waals surface area contributed by atoms with Gasteiger partial charge in [-0.15, -0.1) is 0 Å². The van der Waals surface area contributed by atoms with Crippen LogP contribution in [-0.4, -0.2) is 39.0 Å². The van der Waals surface area contributed by atoms with Gasteiger partial charge in [0, 0.05) is 43.3 Å². The third-order valence-corrected chi connectivity index (χ3v) is 8.18. The molecule has 0 aliphatic heterocycles. The maximum atomic E-state index is 15.3. The molecule has 0 amide bonds. The van der Waals surface area contributed by atoms with E-state index in [0.29, 0.717) is 19.6 Å². The quantitative estimate of drug-likeness (QED) is 0.329.